The van der Waals surface area contributed by atoms with Gasteiger partial charge < -0.3 is 14.9 Å². The summed E-state index contributed by atoms with van der Waals surface area (Å²) in [4.78, 5) is 11.6. The van der Waals surface area contributed by atoms with Crippen molar-refractivity contribution in [3.63, 3.8) is 0 Å². The zero-order valence-corrected chi connectivity index (χ0v) is 11.0. The number of carbonyl (C=O) groups excluding carboxylic acids is 1. The molecule has 0 aliphatic heterocycles. The quantitative estimate of drug-likeness (QED) is 0.782. The van der Waals surface area contributed by atoms with E-state index >= 15 is 0 Å². The summed E-state index contributed by atoms with van der Waals surface area (Å²) in [6, 6.07) is 5.36. The first kappa shape index (κ1) is 14.7. The van der Waals surface area contributed by atoms with Gasteiger partial charge in [0.25, 0.3) is 0 Å². The maximum Gasteiger partial charge on any atom is 0.337 e. The average molecular weight is 252 g/mol. The fourth-order valence-corrected chi connectivity index (χ4v) is 1.69. The zero-order valence-electron chi connectivity index (χ0n) is 11.0. The van der Waals surface area contributed by atoms with Crippen LogP contribution < -0.4 is 0 Å². The molecule has 100 valence electrons. The lowest BCUT2D eigenvalue weighted by atomic mass is 9.92. The predicted molar refractivity (Wildman–Crippen MR) is 68.8 cm³/mol. The highest BCUT2D eigenvalue weighted by Crippen LogP contribution is 2.24. The Bertz CT molecular complexity index is 386. The molecule has 2 atom stereocenters. The van der Waals surface area contributed by atoms with E-state index < -0.39 is 5.97 Å². The second-order valence-corrected chi connectivity index (χ2v) is 4.55. The van der Waals surface area contributed by atoms with Crippen LogP contribution in [-0.4, -0.2) is 36.5 Å². The summed E-state index contributed by atoms with van der Waals surface area (Å²) in [5.41, 5.74) is 2.19. The van der Waals surface area contributed by atoms with Gasteiger partial charge in [0, 0.05) is 25.0 Å². The number of ether oxygens (including phenoxy) is 1. The normalized spacial score (nSPS) is 14.1. The van der Waals surface area contributed by atoms with Gasteiger partial charge in [0.2, 0.25) is 0 Å². The van der Waals surface area contributed by atoms with Crippen molar-refractivity contribution in [2.75, 3.05) is 20.3 Å². The van der Waals surface area contributed by atoms with Gasteiger partial charge in [-0.1, -0.05) is 19.9 Å². The van der Waals surface area contributed by atoms with Gasteiger partial charge in [-0.3, -0.25) is 0 Å². The Labute approximate surface area is 107 Å². The van der Waals surface area contributed by atoms with Crippen LogP contribution in [0.4, 0.5) is 0 Å². The number of methoxy groups -OCH3 is 1. The molecular weight excluding hydrogens is 232 g/mol. The molecule has 4 nitrogen and oxygen atoms in total. The molecule has 2 unspecified atom stereocenters. The van der Waals surface area contributed by atoms with Crippen LogP contribution in [0.2, 0.25) is 0 Å². The van der Waals surface area contributed by atoms with Crippen LogP contribution in [0.3, 0.4) is 0 Å². The molecule has 0 fully saturated rings. The molecule has 0 radical (unpaired) electrons. The highest BCUT2D eigenvalue weighted by molar-refractivity contribution is 5.89. The number of esters is 1. The van der Waals surface area contributed by atoms with E-state index in [1.165, 1.54) is 7.11 Å². The molecule has 4 heteroatoms. The molecule has 0 aliphatic rings. The van der Waals surface area contributed by atoms with Crippen molar-refractivity contribution in [1.82, 2.24) is 0 Å². The molecule has 1 aromatic carbocycles. The molecule has 0 amide bonds. The van der Waals surface area contributed by atoms with E-state index in [-0.39, 0.29) is 25.0 Å². The molecule has 0 heterocycles. The van der Waals surface area contributed by atoms with Gasteiger partial charge in [-0.25, -0.2) is 4.79 Å². The number of hydrogen-bond acceptors (Lipinski definition) is 4. The Morgan fingerprint density at radius 2 is 1.56 bits per heavy atom. The first-order chi connectivity index (χ1) is 8.53. The summed E-state index contributed by atoms with van der Waals surface area (Å²) < 4.78 is 4.71. The molecule has 1 rings (SSSR count). The van der Waals surface area contributed by atoms with Crippen LogP contribution in [0.5, 0.6) is 0 Å². The largest absolute Gasteiger partial charge is 0.465 e. The van der Waals surface area contributed by atoms with Crippen molar-refractivity contribution in [1.29, 1.82) is 0 Å². The van der Waals surface area contributed by atoms with E-state index in [4.69, 9.17) is 4.74 Å². The van der Waals surface area contributed by atoms with Crippen molar-refractivity contribution >= 4 is 5.97 Å². The fraction of sp³-hybridized carbons (Fsp3) is 0.500. The van der Waals surface area contributed by atoms with E-state index in [0.29, 0.717) is 5.56 Å². The minimum Gasteiger partial charge on any atom is -0.465 e. The molecular formula is C14H20O4. The summed E-state index contributed by atoms with van der Waals surface area (Å²) in [6.07, 6.45) is 0. The Balaban J connectivity index is 3.23. The smallest absolute Gasteiger partial charge is 0.337 e. The molecule has 0 spiro atoms. The van der Waals surface area contributed by atoms with Crippen molar-refractivity contribution < 1.29 is 19.7 Å². The van der Waals surface area contributed by atoms with Gasteiger partial charge in [0.15, 0.2) is 0 Å². The first-order valence-corrected chi connectivity index (χ1v) is 5.98. The van der Waals surface area contributed by atoms with Crippen molar-refractivity contribution in [2.45, 2.75) is 25.7 Å². The second-order valence-electron chi connectivity index (χ2n) is 4.55. The minimum absolute atomic E-state index is 0.0115. The van der Waals surface area contributed by atoms with E-state index in [9.17, 15) is 15.0 Å². The molecule has 2 N–H and O–H groups in total. The van der Waals surface area contributed by atoms with E-state index in [0.717, 1.165) is 11.1 Å². The third-order valence-corrected chi connectivity index (χ3v) is 3.08. The Kier molecular flexibility index (Phi) is 5.31. The summed E-state index contributed by atoms with van der Waals surface area (Å²) in [7, 11) is 1.33. The summed E-state index contributed by atoms with van der Waals surface area (Å²) in [5.74, 6) is -0.521. The number of aliphatic hydroxyl groups excluding tert-OH is 2. The highest BCUT2D eigenvalue weighted by Gasteiger charge is 2.14. The lowest BCUT2D eigenvalue weighted by molar-refractivity contribution is 0.0600. The first-order valence-electron chi connectivity index (χ1n) is 5.98. The van der Waals surface area contributed by atoms with E-state index in [2.05, 4.69) is 0 Å². The average Bonchev–Trinajstić information content (AvgIpc) is 2.43. The number of hydrogen-bond donors (Lipinski definition) is 2. The number of carbonyl (C=O) groups is 1. The fourth-order valence-electron chi connectivity index (χ4n) is 1.69. The lowest BCUT2D eigenvalue weighted by Crippen LogP contribution is -2.09. The van der Waals surface area contributed by atoms with Gasteiger partial charge >= 0.3 is 5.97 Å². The van der Waals surface area contributed by atoms with Crippen molar-refractivity contribution in [3.8, 4) is 0 Å². The third-order valence-electron chi connectivity index (χ3n) is 3.08. The molecule has 0 aliphatic carbocycles. The SMILES string of the molecule is COC(=O)c1cc(C(C)CO)cc(C(C)CO)c1. The van der Waals surface area contributed by atoms with Gasteiger partial charge in [-0.15, -0.1) is 0 Å². The van der Waals surface area contributed by atoms with Gasteiger partial charge in [0.1, 0.15) is 0 Å². The maximum atomic E-state index is 11.6. The van der Waals surface area contributed by atoms with Gasteiger partial charge in [-0.2, -0.15) is 0 Å². The van der Waals surface area contributed by atoms with Crippen LogP contribution in [0, 0.1) is 0 Å². The monoisotopic (exact) mass is 252 g/mol. The lowest BCUT2D eigenvalue weighted by Gasteiger charge is -2.15. The molecule has 0 saturated carbocycles. The van der Waals surface area contributed by atoms with Crippen molar-refractivity contribution in [3.05, 3.63) is 34.9 Å². The molecule has 0 aromatic heterocycles. The molecule has 0 saturated heterocycles. The third kappa shape index (κ3) is 3.31. The van der Waals surface area contributed by atoms with E-state index in [1.54, 1.807) is 12.1 Å². The van der Waals surface area contributed by atoms with Crippen LogP contribution >= 0.6 is 0 Å². The van der Waals surface area contributed by atoms with Crippen molar-refractivity contribution in [2.24, 2.45) is 0 Å². The summed E-state index contributed by atoms with van der Waals surface area (Å²) in [6.45, 7) is 3.78. The van der Waals surface area contributed by atoms with E-state index in [1.807, 2.05) is 19.9 Å². The number of rotatable bonds is 5. The van der Waals surface area contributed by atoms with Crippen LogP contribution in [0.25, 0.3) is 0 Å². The van der Waals surface area contributed by atoms with Crippen LogP contribution in [0.1, 0.15) is 47.2 Å². The molecule has 0 bridgehead atoms. The van der Waals surface area contributed by atoms with Gasteiger partial charge in [0.05, 0.1) is 12.7 Å². The summed E-state index contributed by atoms with van der Waals surface area (Å²) in [5, 5.41) is 18.4. The number of benzene rings is 1. The zero-order chi connectivity index (χ0) is 13.7. The standard InChI is InChI=1S/C14H20O4/c1-9(7-15)11-4-12(10(2)8-16)6-13(5-11)14(17)18-3/h4-6,9-10,15-16H,7-8H2,1-3H3. The Morgan fingerprint density at radius 3 is 1.89 bits per heavy atom. The maximum absolute atomic E-state index is 11.6. The Hall–Kier alpha value is -1.39. The second kappa shape index (κ2) is 6.52. The Morgan fingerprint density at radius 1 is 1.11 bits per heavy atom. The van der Waals surface area contributed by atoms with Crippen LogP contribution in [0.15, 0.2) is 18.2 Å². The topological polar surface area (TPSA) is 66.8 Å². The predicted octanol–water partition coefficient (Wildman–Crippen LogP) is 1.66. The number of aliphatic hydroxyl groups is 2. The summed E-state index contributed by atoms with van der Waals surface area (Å²) >= 11 is 0. The minimum atomic E-state index is -0.409. The van der Waals surface area contributed by atoms with Crippen LogP contribution in [-0.2, 0) is 4.74 Å². The van der Waals surface area contributed by atoms with Gasteiger partial charge in [-0.05, 0) is 23.3 Å². The molecule has 18 heavy (non-hydrogen) atoms. The highest BCUT2D eigenvalue weighted by atomic mass is 16.5. The molecule has 1 aromatic rings.